The van der Waals surface area contributed by atoms with Crippen LogP contribution in [0.25, 0.3) is 0 Å². The zero-order valence-electron chi connectivity index (χ0n) is 9.65. The summed E-state index contributed by atoms with van der Waals surface area (Å²) in [5, 5.41) is 9.80. The van der Waals surface area contributed by atoms with Gasteiger partial charge in [0.2, 0.25) is 0 Å². The molecule has 96 valence electrons. The van der Waals surface area contributed by atoms with Gasteiger partial charge in [-0.1, -0.05) is 43.5 Å². The molecule has 0 unspecified atom stereocenters. The van der Waals surface area contributed by atoms with E-state index in [9.17, 15) is 9.90 Å². The van der Waals surface area contributed by atoms with Crippen LogP contribution in [0.2, 0.25) is 5.02 Å². The molecule has 0 saturated heterocycles. The largest absolute Gasteiger partial charge is 0.480 e. The summed E-state index contributed by atoms with van der Waals surface area (Å²) in [6, 6.07) is 6.67. The van der Waals surface area contributed by atoms with Crippen molar-refractivity contribution in [3.8, 4) is 0 Å². The van der Waals surface area contributed by atoms with Crippen molar-refractivity contribution >= 4 is 30.0 Å². The fraction of sp³-hybridized carbons (Fsp3) is 0.417. The van der Waals surface area contributed by atoms with Gasteiger partial charge in [0.05, 0.1) is 0 Å². The Morgan fingerprint density at radius 1 is 1.41 bits per heavy atom. The van der Waals surface area contributed by atoms with E-state index in [2.05, 4.69) is 0 Å². The molecule has 3 N–H and O–H groups in total. The fourth-order valence-corrected chi connectivity index (χ4v) is 1.70. The molecule has 0 radical (unpaired) electrons. The molecule has 0 aliphatic rings. The molecule has 0 aromatic heterocycles. The van der Waals surface area contributed by atoms with E-state index in [4.69, 9.17) is 17.3 Å². The molecule has 0 fully saturated rings. The minimum Gasteiger partial charge on any atom is -0.480 e. The first-order valence-electron chi connectivity index (χ1n) is 5.29. The molecular weight excluding hydrogens is 261 g/mol. The summed E-state index contributed by atoms with van der Waals surface area (Å²) in [6.45, 7) is 2.00. The summed E-state index contributed by atoms with van der Waals surface area (Å²) in [6.07, 6.45) is 2.13. The van der Waals surface area contributed by atoms with Crippen LogP contribution in [0.1, 0.15) is 31.7 Å². The van der Waals surface area contributed by atoms with Gasteiger partial charge in [0.25, 0.3) is 0 Å². The summed E-state index contributed by atoms with van der Waals surface area (Å²) in [5.74, 6) is -0.997. The maximum absolute atomic E-state index is 11.3. The molecule has 1 aromatic carbocycles. The molecule has 0 aliphatic heterocycles. The van der Waals surface area contributed by atoms with Crippen LogP contribution in [0.3, 0.4) is 0 Å². The maximum Gasteiger partial charge on any atom is 0.328 e. The van der Waals surface area contributed by atoms with E-state index in [1.54, 1.807) is 24.3 Å². The minimum absolute atomic E-state index is 0. The van der Waals surface area contributed by atoms with E-state index < -0.39 is 11.5 Å². The lowest BCUT2D eigenvalue weighted by Crippen LogP contribution is -2.44. The van der Waals surface area contributed by atoms with Crippen molar-refractivity contribution in [2.45, 2.75) is 31.7 Å². The molecule has 0 spiro atoms. The third kappa shape index (κ3) is 3.87. The van der Waals surface area contributed by atoms with Crippen LogP contribution in [0.4, 0.5) is 0 Å². The van der Waals surface area contributed by atoms with E-state index in [0.29, 0.717) is 17.0 Å². The van der Waals surface area contributed by atoms with Crippen molar-refractivity contribution in [3.63, 3.8) is 0 Å². The second kappa shape index (κ2) is 6.84. The van der Waals surface area contributed by atoms with Gasteiger partial charge in [-0.05, 0) is 24.1 Å². The molecule has 0 saturated carbocycles. The summed E-state index contributed by atoms with van der Waals surface area (Å²) < 4.78 is 0. The van der Waals surface area contributed by atoms with Gasteiger partial charge >= 0.3 is 5.97 Å². The van der Waals surface area contributed by atoms with Gasteiger partial charge in [0.15, 0.2) is 0 Å². The van der Waals surface area contributed by atoms with Gasteiger partial charge < -0.3 is 10.8 Å². The van der Waals surface area contributed by atoms with Crippen LogP contribution in [-0.4, -0.2) is 11.1 Å². The lowest BCUT2D eigenvalue weighted by molar-refractivity contribution is -0.144. The number of rotatable bonds is 5. The number of benzene rings is 1. The first-order valence-corrected chi connectivity index (χ1v) is 5.67. The Hall–Kier alpha value is -0.770. The first kappa shape index (κ1) is 16.2. The number of halogens is 2. The fourth-order valence-electron chi connectivity index (χ4n) is 1.58. The lowest BCUT2D eigenvalue weighted by Gasteiger charge is -2.25. The van der Waals surface area contributed by atoms with Gasteiger partial charge in [-0.15, -0.1) is 12.4 Å². The molecule has 1 aromatic rings. The molecule has 17 heavy (non-hydrogen) atoms. The molecule has 0 bridgehead atoms. The van der Waals surface area contributed by atoms with Gasteiger partial charge in [0, 0.05) is 5.02 Å². The van der Waals surface area contributed by atoms with Gasteiger partial charge in [-0.2, -0.15) is 0 Å². The van der Waals surface area contributed by atoms with Crippen LogP contribution in [0, 0.1) is 0 Å². The Morgan fingerprint density at radius 3 is 2.35 bits per heavy atom. The van der Waals surface area contributed by atoms with Gasteiger partial charge in [-0.3, -0.25) is 0 Å². The lowest BCUT2D eigenvalue weighted by atomic mass is 9.86. The van der Waals surface area contributed by atoms with Crippen molar-refractivity contribution < 1.29 is 9.90 Å². The number of carboxylic acids is 1. The molecule has 3 nitrogen and oxygen atoms in total. The Kier molecular flexibility index (Phi) is 6.53. The van der Waals surface area contributed by atoms with Gasteiger partial charge in [-0.25, -0.2) is 4.79 Å². The van der Waals surface area contributed by atoms with Crippen LogP contribution in [-0.2, 0) is 10.3 Å². The van der Waals surface area contributed by atoms with Crippen molar-refractivity contribution in [2.75, 3.05) is 0 Å². The third-order valence-corrected chi connectivity index (χ3v) is 2.92. The SMILES string of the molecule is CCCC[C@@](N)(C(=O)O)c1ccc(Cl)cc1.Cl. The topological polar surface area (TPSA) is 63.3 Å². The monoisotopic (exact) mass is 277 g/mol. The van der Waals surface area contributed by atoms with Crippen LogP contribution < -0.4 is 5.73 Å². The summed E-state index contributed by atoms with van der Waals surface area (Å²) >= 11 is 5.76. The molecule has 1 rings (SSSR count). The van der Waals surface area contributed by atoms with Crippen LogP contribution in [0.5, 0.6) is 0 Å². The second-order valence-corrected chi connectivity index (χ2v) is 4.32. The Bertz CT molecular complexity index is 367. The van der Waals surface area contributed by atoms with E-state index in [1.807, 2.05) is 6.92 Å². The Morgan fingerprint density at radius 2 is 1.94 bits per heavy atom. The number of unbranched alkanes of at least 4 members (excludes halogenated alkanes) is 1. The quantitative estimate of drug-likeness (QED) is 0.869. The molecule has 5 heteroatoms. The highest BCUT2D eigenvalue weighted by Crippen LogP contribution is 2.26. The van der Waals surface area contributed by atoms with E-state index in [1.165, 1.54) is 0 Å². The summed E-state index contributed by atoms with van der Waals surface area (Å²) in [7, 11) is 0. The highest BCUT2D eigenvalue weighted by Gasteiger charge is 2.35. The van der Waals surface area contributed by atoms with Crippen molar-refractivity contribution in [1.29, 1.82) is 0 Å². The van der Waals surface area contributed by atoms with E-state index >= 15 is 0 Å². The molecule has 0 amide bonds. The maximum atomic E-state index is 11.3. The summed E-state index contributed by atoms with van der Waals surface area (Å²) in [4.78, 5) is 11.3. The molecule has 0 heterocycles. The highest BCUT2D eigenvalue weighted by atomic mass is 35.5. The molecule has 0 aliphatic carbocycles. The number of aliphatic carboxylic acids is 1. The number of hydrogen-bond donors (Lipinski definition) is 2. The Balaban J connectivity index is 0.00000256. The molecule has 1 atom stereocenters. The number of carbonyl (C=O) groups is 1. The highest BCUT2D eigenvalue weighted by molar-refractivity contribution is 6.30. The summed E-state index contributed by atoms with van der Waals surface area (Å²) in [5.41, 5.74) is 5.25. The average Bonchev–Trinajstić information content (AvgIpc) is 2.26. The van der Waals surface area contributed by atoms with E-state index in [-0.39, 0.29) is 12.4 Å². The second-order valence-electron chi connectivity index (χ2n) is 3.89. The first-order chi connectivity index (χ1) is 7.50. The zero-order valence-corrected chi connectivity index (χ0v) is 11.2. The van der Waals surface area contributed by atoms with Crippen molar-refractivity contribution in [2.24, 2.45) is 5.73 Å². The van der Waals surface area contributed by atoms with Crippen LogP contribution >= 0.6 is 24.0 Å². The third-order valence-electron chi connectivity index (χ3n) is 2.67. The number of nitrogens with two attached hydrogens (primary N) is 1. The number of hydrogen-bond acceptors (Lipinski definition) is 2. The van der Waals surface area contributed by atoms with Crippen molar-refractivity contribution in [3.05, 3.63) is 34.9 Å². The van der Waals surface area contributed by atoms with Gasteiger partial charge in [0.1, 0.15) is 5.54 Å². The van der Waals surface area contributed by atoms with Crippen molar-refractivity contribution in [1.82, 2.24) is 0 Å². The Labute approximate surface area is 112 Å². The van der Waals surface area contributed by atoms with E-state index in [0.717, 1.165) is 12.8 Å². The predicted octanol–water partition coefficient (Wildman–Crippen LogP) is 3.19. The number of carboxylic acid groups (broad SMARTS) is 1. The smallest absolute Gasteiger partial charge is 0.328 e. The van der Waals surface area contributed by atoms with Crippen LogP contribution in [0.15, 0.2) is 24.3 Å². The zero-order chi connectivity index (χ0) is 12.2. The molecular formula is C12H17Cl2NO2. The standard InChI is InChI=1S/C12H16ClNO2.ClH/c1-2-3-8-12(14,11(15)16)9-4-6-10(13)7-5-9;/h4-7H,2-3,8,14H2,1H3,(H,15,16);1H/t12-;/m0./s1. The average molecular weight is 278 g/mol. The predicted molar refractivity (Wildman–Crippen MR) is 71.7 cm³/mol. The minimum atomic E-state index is -1.30. The normalized spacial score (nSPS) is 13.6.